The van der Waals surface area contributed by atoms with Crippen LogP contribution in [-0.4, -0.2) is 20.9 Å². The van der Waals surface area contributed by atoms with Gasteiger partial charge in [0.25, 0.3) is 10.0 Å². The molecular weight excluding hydrogens is 477 g/mol. The molecular formula is C23H20ClF3N2O3S. The molecule has 3 aromatic carbocycles. The third kappa shape index (κ3) is 6.06. The van der Waals surface area contributed by atoms with E-state index < -0.39 is 34.2 Å². The lowest BCUT2D eigenvalue weighted by Crippen LogP contribution is -2.41. The number of nitrogens with zero attached hydrogens (tertiary/aromatic N) is 1. The lowest BCUT2D eigenvalue weighted by atomic mass is 10.1. The van der Waals surface area contributed by atoms with Gasteiger partial charge in [-0.05, 0) is 60.5 Å². The number of sulfonamides is 1. The van der Waals surface area contributed by atoms with Crippen LogP contribution < -0.4 is 9.62 Å². The maximum absolute atomic E-state index is 13.3. The number of hydrogen-bond acceptors (Lipinski definition) is 3. The number of hydrogen-bond donors (Lipinski definition) is 1. The highest BCUT2D eigenvalue weighted by atomic mass is 35.5. The van der Waals surface area contributed by atoms with E-state index in [1.165, 1.54) is 36.4 Å². The van der Waals surface area contributed by atoms with Crippen molar-refractivity contribution in [1.82, 2.24) is 5.32 Å². The number of anilines is 1. The number of carbonyl (C=O) groups excluding carboxylic acids is 1. The molecule has 0 unspecified atom stereocenters. The molecule has 33 heavy (non-hydrogen) atoms. The van der Waals surface area contributed by atoms with E-state index in [4.69, 9.17) is 11.6 Å². The number of carbonyl (C=O) groups is 1. The molecule has 0 radical (unpaired) electrons. The van der Waals surface area contributed by atoms with Gasteiger partial charge in [-0.1, -0.05) is 41.9 Å². The van der Waals surface area contributed by atoms with Crippen molar-refractivity contribution in [3.05, 3.63) is 94.5 Å². The van der Waals surface area contributed by atoms with Crippen LogP contribution in [0, 0.1) is 6.92 Å². The predicted molar refractivity (Wildman–Crippen MR) is 120 cm³/mol. The lowest BCUT2D eigenvalue weighted by molar-refractivity contribution is -0.137. The first-order chi connectivity index (χ1) is 15.5. The van der Waals surface area contributed by atoms with Crippen LogP contribution in [0.3, 0.4) is 0 Å². The van der Waals surface area contributed by atoms with Gasteiger partial charge in [0.1, 0.15) is 6.54 Å². The molecule has 1 N–H and O–H groups in total. The van der Waals surface area contributed by atoms with Crippen molar-refractivity contribution < 1.29 is 26.4 Å². The topological polar surface area (TPSA) is 66.5 Å². The highest BCUT2D eigenvalue weighted by Crippen LogP contribution is 2.30. The molecule has 5 nitrogen and oxygen atoms in total. The van der Waals surface area contributed by atoms with Gasteiger partial charge < -0.3 is 5.32 Å². The summed E-state index contributed by atoms with van der Waals surface area (Å²) in [5.74, 6) is -0.673. The fourth-order valence-electron chi connectivity index (χ4n) is 3.12. The molecule has 0 heterocycles. The third-order valence-corrected chi connectivity index (χ3v) is 6.84. The van der Waals surface area contributed by atoms with Crippen molar-refractivity contribution in [2.24, 2.45) is 0 Å². The Hall–Kier alpha value is -3.04. The number of amides is 1. The Morgan fingerprint density at radius 2 is 1.67 bits per heavy atom. The number of aryl methyl sites for hydroxylation is 1. The minimum absolute atomic E-state index is 0.0548. The molecule has 0 atom stereocenters. The van der Waals surface area contributed by atoms with Crippen LogP contribution in [0.2, 0.25) is 5.02 Å². The summed E-state index contributed by atoms with van der Waals surface area (Å²) in [6.07, 6.45) is -4.51. The van der Waals surface area contributed by atoms with Crippen LogP contribution in [0.5, 0.6) is 0 Å². The molecule has 3 rings (SSSR count). The molecule has 3 aromatic rings. The standard InChI is InChI=1S/C23H20ClF3N2O3S/c1-16-5-2-3-8-21(16)29(33(31,32)20-11-9-19(24)10-12-20)15-22(30)28-14-17-6-4-7-18(13-17)23(25,26)27/h2-13H,14-15H2,1H3,(H,28,30). The summed E-state index contributed by atoms with van der Waals surface area (Å²) < 4.78 is 66.4. The Labute approximate surface area is 194 Å². The predicted octanol–water partition coefficient (Wildman–Crippen LogP) is 5.18. The summed E-state index contributed by atoms with van der Waals surface area (Å²) >= 11 is 5.86. The first-order valence-electron chi connectivity index (χ1n) is 9.75. The van der Waals surface area contributed by atoms with Crippen LogP contribution in [0.25, 0.3) is 0 Å². The van der Waals surface area contributed by atoms with Gasteiger partial charge in [-0.2, -0.15) is 13.2 Å². The molecule has 0 aromatic heterocycles. The number of halogens is 4. The largest absolute Gasteiger partial charge is 0.416 e. The Bertz CT molecular complexity index is 1250. The van der Waals surface area contributed by atoms with Gasteiger partial charge in [-0.15, -0.1) is 0 Å². The van der Waals surface area contributed by atoms with Crippen molar-refractivity contribution in [3.63, 3.8) is 0 Å². The zero-order chi connectivity index (χ0) is 24.2. The van der Waals surface area contributed by atoms with E-state index in [1.807, 2.05) is 0 Å². The smallest absolute Gasteiger partial charge is 0.350 e. The van der Waals surface area contributed by atoms with Gasteiger partial charge in [0.2, 0.25) is 5.91 Å². The van der Waals surface area contributed by atoms with E-state index in [2.05, 4.69) is 5.32 Å². The summed E-state index contributed by atoms with van der Waals surface area (Å²) in [7, 11) is -4.13. The highest BCUT2D eigenvalue weighted by Gasteiger charge is 2.31. The van der Waals surface area contributed by atoms with Crippen molar-refractivity contribution in [2.45, 2.75) is 24.5 Å². The van der Waals surface area contributed by atoms with E-state index in [-0.39, 0.29) is 17.0 Å². The molecule has 0 saturated heterocycles. The van der Waals surface area contributed by atoms with Gasteiger partial charge in [0, 0.05) is 11.6 Å². The molecule has 0 aliphatic heterocycles. The molecule has 0 bridgehead atoms. The van der Waals surface area contributed by atoms with Crippen LogP contribution in [0.4, 0.5) is 18.9 Å². The minimum Gasteiger partial charge on any atom is -0.350 e. The lowest BCUT2D eigenvalue weighted by Gasteiger charge is -2.25. The Balaban J connectivity index is 1.84. The van der Waals surface area contributed by atoms with E-state index in [0.717, 1.165) is 16.4 Å². The second-order valence-corrected chi connectivity index (χ2v) is 9.53. The zero-order valence-corrected chi connectivity index (χ0v) is 19.0. The van der Waals surface area contributed by atoms with Crippen molar-refractivity contribution in [3.8, 4) is 0 Å². The third-order valence-electron chi connectivity index (χ3n) is 4.82. The first-order valence-corrected chi connectivity index (χ1v) is 11.6. The highest BCUT2D eigenvalue weighted by molar-refractivity contribution is 7.92. The fourth-order valence-corrected chi connectivity index (χ4v) is 4.73. The number of alkyl halides is 3. The Kier molecular flexibility index (Phi) is 7.34. The number of benzene rings is 3. The van der Waals surface area contributed by atoms with Crippen LogP contribution in [0.15, 0.2) is 77.7 Å². The van der Waals surface area contributed by atoms with Crippen LogP contribution >= 0.6 is 11.6 Å². The average molecular weight is 497 g/mol. The number of nitrogens with one attached hydrogen (secondary N) is 1. The van der Waals surface area contributed by atoms with Crippen LogP contribution in [0.1, 0.15) is 16.7 Å². The molecule has 0 aliphatic rings. The van der Waals surface area contributed by atoms with Crippen LogP contribution in [-0.2, 0) is 27.5 Å². The second-order valence-electron chi connectivity index (χ2n) is 7.23. The van der Waals surface area contributed by atoms with E-state index in [9.17, 15) is 26.4 Å². The summed E-state index contributed by atoms with van der Waals surface area (Å²) in [5.41, 5.74) is 0.338. The summed E-state index contributed by atoms with van der Waals surface area (Å²) in [5, 5.41) is 2.85. The van der Waals surface area contributed by atoms with E-state index >= 15 is 0 Å². The van der Waals surface area contributed by atoms with E-state index in [0.29, 0.717) is 16.3 Å². The molecule has 0 aliphatic carbocycles. The average Bonchev–Trinajstić information content (AvgIpc) is 2.76. The van der Waals surface area contributed by atoms with Gasteiger partial charge in [-0.3, -0.25) is 9.10 Å². The molecule has 10 heteroatoms. The van der Waals surface area contributed by atoms with Gasteiger partial charge in [-0.25, -0.2) is 8.42 Å². The maximum Gasteiger partial charge on any atom is 0.416 e. The van der Waals surface area contributed by atoms with Gasteiger partial charge in [0.15, 0.2) is 0 Å². The van der Waals surface area contributed by atoms with Crippen molar-refractivity contribution in [2.75, 3.05) is 10.8 Å². The fraction of sp³-hybridized carbons (Fsp3) is 0.174. The summed E-state index contributed by atoms with van der Waals surface area (Å²) in [6.45, 7) is 0.959. The first kappa shape index (κ1) is 24.6. The quantitative estimate of drug-likeness (QED) is 0.490. The summed E-state index contributed by atoms with van der Waals surface area (Å²) in [6, 6.07) is 16.8. The summed E-state index contributed by atoms with van der Waals surface area (Å²) in [4.78, 5) is 12.6. The molecule has 0 fully saturated rings. The molecule has 0 spiro atoms. The van der Waals surface area contributed by atoms with Gasteiger partial charge >= 0.3 is 6.18 Å². The SMILES string of the molecule is Cc1ccccc1N(CC(=O)NCc1cccc(C(F)(F)F)c1)S(=O)(=O)c1ccc(Cl)cc1. The zero-order valence-electron chi connectivity index (χ0n) is 17.4. The molecule has 1 amide bonds. The number of rotatable bonds is 7. The number of para-hydroxylation sites is 1. The maximum atomic E-state index is 13.3. The van der Waals surface area contributed by atoms with Crippen molar-refractivity contribution >= 4 is 33.2 Å². The molecule has 174 valence electrons. The monoisotopic (exact) mass is 496 g/mol. The Morgan fingerprint density at radius 1 is 1.00 bits per heavy atom. The molecule has 0 saturated carbocycles. The minimum atomic E-state index is -4.51. The Morgan fingerprint density at radius 3 is 2.30 bits per heavy atom. The second kappa shape index (κ2) is 9.84. The normalized spacial score (nSPS) is 11.8. The van der Waals surface area contributed by atoms with Crippen molar-refractivity contribution in [1.29, 1.82) is 0 Å². The van der Waals surface area contributed by atoms with E-state index in [1.54, 1.807) is 31.2 Å². The van der Waals surface area contributed by atoms with Gasteiger partial charge in [0.05, 0.1) is 16.1 Å².